The normalized spacial score (nSPS) is 37.4. The van der Waals surface area contributed by atoms with Crippen molar-refractivity contribution < 1.29 is 19.0 Å². The molecule has 0 heterocycles. The van der Waals surface area contributed by atoms with Gasteiger partial charge in [-0.1, -0.05) is 75.0 Å². The van der Waals surface area contributed by atoms with E-state index in [0.29, 0.717) is 29.0 Å². The maximum atomic E-state index is 12.1. The highest BCUT2D eigenvalue weighted by Crippen LogP contribution is 2.68. The summed E-state index contributed by atoms with van der Waals surface area (Å²) in [6.07, 6.45) is 5.70. The Kier molecular flexibility index (Phi) is 8.53. The predicted octanol–water partition coefficient (Wildman–Crippen LogP) is 8.15. The Morgan fingerprint density at radius 2 is 1.67 bits per heavy atom. The lowest BCUT2D eigenvalue weighted by Gasteiger charge is -2.59. The molecule has 3 rings (SSSR count). The van der Waals surface area contributed by atoms with Crippen LogP contribution in [0.3, 0.4) is 0 Å². The fourth-order valence-corrected chi connectivity index (χ4v) is 13.9. The third-order valence-electron chi connectivity index (χ3n) is 10.8. The van der Waals surface area contributed by atoms with Gasteiger partial charge in [-0.05, 0) is 59.4 Å². The van der Waals surface area contributed by atoms with E-state index in [4.69, 9.17) is 20.5 Å². The number of hydrogen-bond donors (Lipinski definition) is 1. The summed E-state index contributed by atoms with van der Waals surface area (Å²) >= 11 is 0. The molecule has 0 radical (unpaired) electrons. The second kappa shape index (κ2) is 10.4. The summed E-state index contributed by atoms with van der Waals surface area (Å²) in [5.41, 5.74) is 2.89. The van der Waals surface area contributed by atoms with Gasteiger partial charge >= 0.3 is 0 Å². The van der Waals surface area contributed by atoms with Gasteiger partial charge in [-0.2, -0.15) is 0 Å². The van der Waals surface area contributed by atoms with Crippen molar-refractivity contribution >= 4 is 8.32 Å². The smallest absolute Gasteiger partial charge is 0.258 e. The first kappa shape index (κ1) is 29.7. The molecule has 3 aliphatic carbocycles. The molecule has 0 aromatic heterocycles. The van der Waals surface area contributed by atoms with Crippen LogP contribution < -0.4 is 0 Å². The van der Waals surface area contributed by atoms with Crippen LogP contribution in [0.15, 0.2) is 36.1 Å². The van der Waals surface area contributed by atoms with Crippen LogP contribution in [-0.2, 0) is 13.9 Å². The van der Waals surface area contributed by atoms with E-state index in [1.54, 1.807) is 7.11 Å². The Balaban J connectivity index is 2.30. The van der Waals surface area contributed by atoms with Crippen molar-refractivity contribution in [3.63, 3.8) is 0 Å². The first-order valence-corrected chi connectivity index (χ1v) is 16.4. The second-order valence-corrected chi connectivity index (χ2v) is 18.8. The summed E-state index contributed by atoms with van der Waals surface area (Å²) < 4.78 is 19.2. The number of allylic oxidation sites excluding steroid dienone is 1. The van der Waals surface area contributed by atoms with Crippen LogP contribution in [0.2, 0.25) is 16.6 Å². The molecule has 3 aliphatic rings. The van der Waals surface area contributed by atoms with Crippen molar-refractivity contribution in [3.05, 3.63) is 36.1 Å². The predicted molar refractivity (Wildman–Crippen MR) is 152 cm³/mol. The summed E-state index contributed by atoms with van der Waals surface area (Å²) in [6, 6.07) is 0. The summed E-state index contributed by atoms with van der Waals surface area (Å²) in [6.45, 7) is 30.0. The Bertz CT molecular complexity index is 854. The van der Waals surface area contributed by atoms with Crippen molar-refractivity contribution in [2.24, 2.45) is 22.2 Å². The molecule has 4 unspecified atom stereocenters. The zero-order valence-corrected chi connectivity index (χ0v) is 25.9. The number of ether oxygens (including phenoxy) is 2. The quantitative estimate of drug-likeness (QED) is 0.190. The van der Waals surface area contributed by atoms with Crippen molar-refractivity contribution in [2.45, 2.75) is 123 Å². The molecule has 2 fully saturated rings. The standard InChI is InChI=1S/C31H54O4Si/c1-13-29(10)18-26(32)30(11)23(8)14-16-31(24(9)28(29)34-19-33-12)17-15-25(27(30)31)35-36(20(2)3,21(4)5)22(6)7/h13,20-23,26,28,32H,1,9,14-19H2,2-8,10-12H3/t23?,26-,28?,29+,30?,31?/m1/s1. The van der Waals surface area contributed by atoms with Gasteiger partial charge in [0, 0.05) is 29.8 Å². The molecule has 0 saturated heterocycles. The minimum absolute atomic E-state index is 0.194. The highest BCUT2D eigenvalue weighted by atomic mass is 28.4. The van der Waals surface area contributed by atoms with Gasteiger partial charge in [0.25, 0.3) is 8.32 Å². The summed E-state index contributed by atoms with van der Waals surface area (Å²) in [5.74, 6) is 1.51. The van der Waals surface area contributed by atoms with Gasteiger partial charge in [0.2, 0.25) is 0 Å². The molecule has 6 atom stereocenters. The van der Waals surface area contributed by atoms with E-state index in [9.17, 15) is 5.11 Å². The Morgan fingerprint density at radius 1 is 1.08 bits per heavy atom. The molecule has 0 aromatic carbocycles. The van der Waals surface area contributed by atoms with Crippen LogP contribution in [0.5, 0.6) is 0 Å². The van der Waals surface area contributed by atoms with Crippen LogP contribution in [0.25, 0.3) is 0 Å². The van der Waals surface area contributed by atoms with Gasteiger partial charge in [-0.25, -0.2) is 0 Å². The molecule has 0 amide bonds. The van der Waals surface area contributed by atoms with E-state index < -0.39 is 19.8 Å². The molecule has 0 aromatic rings. The summed E-state index contributed by atoms with van der Waals surface area (Å²) in [7, 11) is -0.501. The number of hydrogen-bond acceptors (Lipinski definition) is 4. The Hall–Kier alpha value is -0.883. The molecular formula is C31H54O4Si. The SMILES string of the molecule is C=C[C@@]1(C)C[C@@H](O)C2(C)C3=C(O[Si](C(C)C)(C(C)C)C(C)C)CCC3(CCC2C)C(=C)C1OCOC. The lowest BCUT2D eigenvalue weighted by molar-refractivity contribution is -0.124. The van der Waals surface area contributed by atoms with Gasteiger partial charge < -0.3 is 19.0 Å². The number of aliphatic hydroxyl groups is 1. The Morgan fingerprint density at radius 3 is 2.17 bits per heavy atom. The third-order valence-corrected chi connectivity index (χ3v) is 16.8. The van der Waals surface area contributed by atoms with Gasteiger partial charge in [0.05, 0.1) is 18.0 Å². The highest BCUT2D eigenvalue weighted by Gasteiger charge is 2.63. The molecule has 4 nitrogen and oxygen atoms in total. The van der Waals surface area contributed by atoms with Crippen molar-refractivity contribution in [3.8, 4) is 0 Å². The number of rotatable bonds is 9. The lowest BCUT2D eigenvalue weighted by Crippen LogP contribution is -2.56. The molecule has 0 aliphatic heterocycles. The zero-order chi connectivity index (χ0) is 27.3. The molecule has 1 N–H and O–H groups in total. The van der Waals surface area contributed by atoms with E-state index in [1.807, 2.05) is 6.08 Å². The van der Waals surface area contributed by atoms with Gasteiger partial charge in [0.1, 0.15) is 6.79 Å². The maximum Gasteiger partial charge on any atom is 0.258 e. The van der Waals surface area contributed by atoms with Crippen LogP contribution in [-0.4, -0.2) is 39.5 Å². The monoisotopic (exact) mass is 518 g/mol. The number of methoxy groups -OCH3 is 1. The van der Waals surface area contributed by atoms with Crippen molar-refractivity contribution in [2.75, 3.05) is 13.9 Å². The number of aliphatic hydroxyl groups excluding tert-OH is 1. The van der Waals surface area contributed by atoms with Crippen molar-refractivity contribution in [1.29, 1.82) is 0 Å². The molecule has 2 bridgehead atoms. The highest BCUT2D eigenvalue weighted by molar-refractivity contribution is 6.77. The largest absolute Gasteiger partial charge is 0.546 e. The second-order valence-electron chi connectivity index (χ2n) is 13.4. The summed E-state index contributed by atoms with van der Waals surface area (Å²) in [5, 5.41) is 12.1. The van der Waals surface area contributed by atoms with Crippen LogP contribution in [0, 0.1) is 22.2 Å². The van der Waals surface area contributed by atoms with Crippen molar-refractivity contribution in [1.82, 2.24) is 0 Å². The molecule has 5 heteroatoms. The fourth-order valence-electron chi connectivity index (χ4n) is 8.57. The maximum absolute atomic E-state index is 12.1. The van der Waals surface area contributed by atoms with E-state index in [0.717, 1.165) is 31.3 Å². The van der Waals surface area contributed by atoms with Crippen LogP contribution in [0.4, 0.5) is 0 Å². The molecule has 36 heavy (non-hydrogen) atoms. The minimum Gasteiger partial charge on any atom is -0.546 e. The topological polar surface area (TPSA) is 47.9 Å². The van der Waals surface area contributed by atoms with E-state index >= 15 is 0 Å². The van der Waals surface area contributed by atoms with E-state index in [2.05, 4.69) is 68.9 Å². The molecular weight excluding hydrogens is 464 g/mol. The van der Waals surface area contributed by atoms with Gasteiger partial charge in [0.15, 0.2) is 0 Å². The molecule has 2 saturated carbocycles. The summed E-state index contributed by atoms with van der Waals surface area (Å²) in [4.78, 5) is 0. The average molecular weight is 519 g/mol. The van der Waals surface area contributed by atoms with E-state index in [-0.39, 0.29) is 23.7 Å². The first-order chi connectivity index (χ1) is 16.7. The van der Waals surface area contributed by atoms with E-state index in [1.165, 1.54) is 11.3 Å². The lowest BCUT2D eigenvalue weighted by atomic mass is 9.47. The fraction of sp³-hybridized carbons (Fsp3) is 0.806. The first-order valence-electron chi connectivity index (χ1n) is 14.2. The Labute approximate surface area is 222 Å². The van der Waals surface area contributed by atoms with Gasteiger partial charge in [-0.15, -0.1) is 6.58 Å². The molecule has 0 spiro atoms. The van der Waals surface area contributed by atoms with Crippen LogP contribution in [0.1, 0.15) is 94.4 Å². The van der Waals surface area contributed by atoms with Gasteiger partial charge in [-0.3, -0.25) is 0 Å². The van der Waals surface area contributed by atoms with Crippen LogP contribution >= 0.6 is 0 Å². The minimum atomic E-state index is -2.16. The third kappa shape index (κ3) is 4.21. The molecule has 206 valence electrons. The zero-order valence-electron chi connectivity index (χ0n) is 24.9. The average Bonchev–Trinajstić information content (AvgIpc) is 3.18.